The molecule has 8 heteroatoms. The molecule has 0 aliphatic heterocycles. The van der Waals surface area contributed by atoms with Crippen LogP contribution in [0, 0.1) is 20.8 Å². The van der Waals surface area contributed by atoms with Crippen LogP contribution in [0.5, 0.6) is 5.75 Å². The molecule has 8 nitrogen and oxygen atoms in total. The largest absolute Gasteiger partial charge is 0.497 e. The Morgan fingerprint density at radius 2 is 1.85 bits per heavy atom. The van der Waals surface area contributed by atoms with Gasteiger partial charge in [-0.25, -0.2) is 4.68 Å². The number of carbonyl (C=O) groups excluding carboxylic acids is 1. The first-order valence-electron chi connectivity index (χ1n) is 10.7. The highest BCUT2D eigenvalue weighted by Gasteiger charge is 2.26. The van der Waals surface area contributed by atoms with Crippen LogP contribution >= 0.6 is 0 Å². The van der Waals surface area contributed by atoms with Crippen molar-refractivity contribution in [3.63, 3.8) is 0 Å². The quantitative estimate of drug-likeness (QED) is 0.466. The molecule has 4 aromatic rings. The van der Waals surface area contributed by atoms with Crippen LogP contribution in [0.3, 0.4) is 0 Å². The number of ether oxygens (including phenoxy) is 1. The van der Waals surface area contributed by atoms with Crippen LogP contribution in [-0.4, -0.2) is 28.0 Å². The summed E-state index contributed by atoms with van der Waals surface area (Å²) in [6, 6.07) is 12.2. The summed E-state index contributed by atoms with van der Waals surface area (Å²) in [4.78, 5) is 26.5. The molecule has 0 radical (unpaired) electrons. The zero-order chi connectivity index (χ0) is 23.7. The minimum absolute atomic E-state index is 0.144. The Labute approximate surface area is 191 Å². The standard InChI is InChI=1S/C25H26N4O4/c1-6-20(24(30)26-18-10-7-14(2)15(3)13-18)29-25(31)23-21(16(4)33-28-23)22(27-29)17-8-11-19(32-5)12-9-17/h7-13,20H,6H2,1-5H3,(H,26,30)/t20-/m1/s1. The van der Waals surface area contributed by atoms with Gasteiger partial charge in [0.15, 0.2) is 5.52 Å². The third kappa shape index (κ3) is 4.11. The molecule has 1 atom stereocenters. The number of fused-ring (bicyclic) bond motifs is 1. The van der Waals surface area contributed by atoms with Gasteiger partial charge in [-0.3, -0.25) is 9.59 Å². The van der Waals surface area contributed by atoms with Crippen molar-refractivity contribution in [2.24, 2.45) is 0 Å². The Morgan fingerprint density at radius 3 is 2.48 bits per heavy atom. The Kier molecular flexibility index (Phi) is 6.00. The molecule has 0 saturated heterocycles. The number of nitrogens with one attached hydrogen (secondary N) is 1. The normalized spacial score (nSPS) is 12.0. The van der Waals surface area contributed by atoms with Crippen molar-refractivity contribution in [1.82, 2.24) is 14.9 Å². The molecular formula is C25H26N4O4. The molecule has 170 valence electrons. The smallest absolute Gasteiger partial charge is 0.297 e. The van der Waals surface area contributed by atoms with E-state index in [4.69, 9.17) is 9.26 Å². The lowest BCUT2D eigenvalue weighted by Crippen LogP contribution is -2.35. The molecule has 2 aromatic carbocycles. The molecule has 2 heterocycles. The van der Waals surface area contributed by atoms with Crippen LogP contribution in [-0.2, 0) is 4.79 Å². The van der Waals surface area contributed by atoms with E-state index in [1.165, 1.54) is 4.68 Å². The van der Waals surface area contributed by atoms with E-state index in [1.54, 1.807) is 14.0 Å². The van der Waals surface area contributed by atoms with Gasteiger partial charge >= 0.3 is 0 Å². The molecule has 1 N–H and O–H groups in total. The van der Waals surface area contributed by atoms with Gasteiger partial charge in [0.05, 0.1) is 12.5 Å². The van der Waals surface area contributed by atoms with Gasteiger partial charge in [-0.1, -0.05) is 18.1 Å². The fraction of sp³-hybridized carbons (Fsp3) is 0.280. The fourth-order valence-electron chi connectivity index (χ4n) is 3.78. The maximum Gasteiger partial charge on any atom is 0.297 e. The molecule has 0 spiro atoms. The number of nitrogens with zero attached hydrogens (tertiary/aromatic N) is 3. The van der Waals surface area contributed by atoms with E-state index in [9.17, 15) is 9.59 Å². The van der Waals surface area contributed by atoms with E-state index in [0.717, 1.165) is 16.7 Å². The third-order valence-electron chi connectivity index (χ3n) is 5.84. The molecule has 0 aliphatic carbocycles. The van der Waals surface area contributed by atoms with E-state index in [-0.39, 0.29) is 11.4 Å². The van der Waals surface area contributed by atoms with Crippen LogP contribution in [0.1, 0.15) is 36.3 Å². The zero-order valence-electron chi connectivity index (χ0n) is 19.3. The molecule has 1 amide bonds. The molecule has 33 heavy (non-hydrogen) atoms. The number of amides is 1. The van der Waals surface area contributed by atoms with Crippen molar-refractivity contribution < 1.29 is 14.1 Å². The number of benzene rings is 2. The summed E-state index contributed by atoms with van der Waals surface area (Å²) in [5, 5.41) is 12.1. The average molecular weight is 447 g/mol. The van der Waals surface area contributed by atoms with Crippen LogP contribution in [0.25, 0.3) is 22.2 Å². The summed E-state index contributed by atoms with van der Waals surface area (Å²) in [7, 11) is 1.59. The summed E-state index contributed by atoms with van der Waals surface area (Å²) in [6.07, 6.45) is 0.369. The molecular weight excluding hydrogens is 420 g/mol. The predicted molar refractivity (Wildman–Crippen MR) is 127 cm³/mol. The first-order chi connectivity index (χ1) is 15.8. The highest BCUT2D eigenvalue weighted by atomic mass is 16.5. The van der Waals surface area contributed by atoms with Crippen molar-refractivity contribution in [2.45, 2.75) is 40.2 Å². The summed E-state index contributed by atoms with van der Waals surface area (Å²) < 4.78 is 11.8. The number of anilines is 1. The van der Waals surface area contributed by atoms with Crippen LogP contribution in [0.15, 0.2) is 51.8 Å². The molecule has 0 unspecified atom stereocenters. The second-order valence-corrected chi connectivity index (χ2v) is 8.00. The predicted octanol–water partition coefficient (Wildman–Crippen LogP) is 4.58. The van der Waals surface area contributed by atoms with Crippen molar-refractivity contribution in [2.75, 3.05) is 12.4 Å². The van der Waals surface area contributed by atoms with E-state index in [2.05, 4.69) is 15.6 Å². The van der Waals surface area contributed by atoms with E-state index in [1.807, 2.05) is 63.2 Å². The topological polar surface area (TPSA) is 99.2 Å². The van der Waals surface area contributed by atoms with Crippen molar-refractivity contribution in [3.05, 3.63) is 69.7 Å². The molecule has 2 aromatic heterocycles. The Bertz CT molecular complexity index is 1390. The van der Waals surface area contributed by atoms with E-state index in [0.29, 0.717) is 34.7 Å². The van der Waals surface area contributed by atoms with Crippen molar-refractivity contribution in [1.29, 1.82) is 0 Å². The zero-order valence-corrected chi connectivity index (χ0v) is 19.3. The van der Waals surface area contributed by atoms with Crippen LogP contribution in [0.4, 0.5) is 5.69 Å². The van der Waals surface area contributed by atoms with Gasteiger partial charge in [0.1, 0.15) is 23.2 Å². The van der Waals surface area contributed by atoms with Gasteiger partial charge in [-0.05, 0) is 74.7 Å². The fourth-order valence-corrected chi connectivity index (χ4v) is 3.78. The number of carbonyl (C=O) groups is 1. The summed E-state index contributed by atoms with van der Waals surface area (Å²) in [5.41, 5.74) is 3.82. The van der Waals surface area contributed by atoms with Gasteiger partial charge in [0.2, 0.25) is 5.91 Å². The number of aromatic nitrogens is 3. The summed E-state index contributed by atoms with van der Waals surface area (Å²) >= 11 is 0. The van der Waals surface area contributed by atoms with Crippen LogP contribution in [0.2, 0.25) is 0 Å². The maximum atomic E-state index is 13.3. The van der Waals surface area contributed by atoms with Crippen molar-refractivity contribution in [3.8, 4) is 17.0 Å². The lowest BCUT2D eigenvalue weighted by atomic mass is 10.1. The summed E-state index contributed by atoms with van der Waals surface area (Å²) in [6.45, 7) is 7.56. The first-order valence-corrected chi connectivity index (χ1v) is 10.7. The Balaban J connectivity index is 1.81. The Morgan fingerprint density at radius 1 is 1.12 bits per heavy atom. The number of aryl methyl sites for hydroxylation is 3. The van der Waals surface area contributed by atoms with E-state index < -0.39 is 11.6 Å². The van der Waals surface area contributed by atoms with Gasteiger partial charge in [-0.15, -0.1) is 0 Å². The molecule has 0 saturated carbocycles. The molecule has 0 aliphatic rings. The Hall–Kier alpha value is -3.94. The highest BCUT2D eigenvalue weighted by molar-refractivity contribution is 5.95. The lowest BCUT2D eigenvalue weighted by Gasteiger charge is -2.18. The molecule has 0 fully saturated rings. The van der Waals surface area contributed by atoms with Gasteiger partial charge in [0, 0.05) is 11.3 Å². The average Bonchev–Trinajstić information content (AvgIpc) is 3.20. The molecule has 0 bridgehead atoms. The highest BCUT2D eigenvalue weighted by Crippen LogP contribution is 2.29. The van der Waals surface area contributed by atoms with Gasteiger partial charge in [0.25, 0.3) is 5.56 Å². The van der Waals surface area contributed by atoms with Gasteiger partial charge in [-0.2, -0.15) is 5.10 Å². The minimum atomic E-state index is -0.822. The first kappa shape index (κ1) is 22.3. The second-order valence-electron chi connectivity index (χ2n) is 8.00. The minimum Gasteiger partial charge on any atom is -0.497 e. The lowest BCUT2D eigenvalue weighted by molar-refractivity contribution is -0.119. The molecule has 4 rings (SSSR count). The van der Waals surface area contributed by atoms with E-state index >= 15 is 0 Å². The number of methoxy groups -OCH3 is 1. The SMILES string of the molecule is CC[C@H](C(=O)Nc1ccc(C)c(C)c1)n1nc(-c2ccc(OC)cc2)c2c(C)onc2c1=O. The maximum absolute atomic E-state index is 13.3. The van der Waals surface area contributed by atoms with Gasteiger partial charge < -0.3 is 14.6 Å². The second kappa shape index (κ2) is 8.90. The number of hydrogen-bond donors (Lipinski definition) is 1. The summed E-state index contributed by atoms with van der Waals surface area (Å²) in [5.74, 6) is 0.861. The third-order valence-corrected chi connectivity index (χ3v) is 5.84. The number of hydrogen-bond acceptors (Lipinski definition) is 6. The van der Waals surface area contributed by atoms with Crippen molar-refractivity contribution >= 4 is 22.5 Å². The monoisotopic (exact) mass is 446 g/mol. The number of rotatable bonds is 6. The van der Waals surface area contributed by atoms with Crippen LogP contribution < -0.4 is 15.6 Å².